The molecule has 0 bridgehead atoms. The van der Waals surface area contributed by atoms with E-state index in [1.807, 2.05) is 36.4 Å². The van der Waals surface area contributed by atoms with Gasteiger partial charge in [-0.05, 0) is 36.6 Å². The van der Waals surface area contributed by atoms with Crippen molar-refractivity contribution in [3.05, 3.63) is 77.6 Å². The summed E-state index contributed by atoms with van der Waals surface area (Å²) in [5.74, 6) is 0.718. The van der Waals surface area contributed by atoms with Gasteiger partial charge < -0.3 is 9.47 Å². The number of carbonyl (C=O) groups excluding carboxylic acids is 2. The molecule has 0 atom stereocenters. The lowest BCUT2D eigenvalue weighted by atomic mass is 10.1. The zero-order valence-electron chi connectivity index (χ0n) is 13.5. The summed E-state index contributed by atoms with van der Waals surface area (Å²) in [7, 11) is 0. The van der Waals surface area contributed by atoms with Crippen LogP contribution >= 0.6 is 0 Å². The van der Waals surface area contributed by atoms with E-state index in [9.17, 15) is 9.59 Å². The highest BCUT2D eigenvalue weighted by Gasteiger charge is 2.32. The number of ketones is 1. The van der Waals surface area contributed by atoms with Gasteiger partial charge in [-0.2, -0.15) is 0 Å². The number of fused-ring (bicyclic) bond motifs is 1. The Labute approximate surface area is 145 Å². The second kappa shape index (κ2) is 6.40. The molecule has 1 saturated carbocycles. The Kier molecular flexibility index (Phi) is 3.94. The molecule has 0 amide bonds. The lowest BCUT2D eigenvalue weighted by Crippen LogP contribution is -2.09. The summed E-state index contributed by atoms with van der Waals surface area (Å²) in [6.45, 7) is 0. The molecule has 2 aliphatic rings. The predicted octanol–water partition coefficient (Wildman–Crippen LogP) is 4.17. The maximum absolute atomic E-state index is 12.4. The molecule has 0 N–H and O–H groups in total. The second-order valence-corrected chi connectivity index (χ2v) is 6.09. The molecule has 1 aliphatic carbocycles. The Hall–Kier alpha value is -3.14. The fourth-order valence-corrected chi connectivity index (χ4v) is 2.57. The fourth-order valence-electron chi connectivity index (χ4n) is 2.57. The number of esters is 1. The molecule has 0 unspecified atom stereocenters. The molecule has 1 fully saturated rings. The number of benzene rings is 2. The number of rotatable bonds is 4. The van der Waals surface area contributed by atoms with Crippen LogP contribution < -0.4 is 9.47 Å². The highest BCUT2D eigenvalue weighted by Crippen LogP contribution is 2.36. The van der Waals surface area contributed by atoms with Gasteiger partial charge in [0.15, 0.2) is 5.76 Å². The third-order valence-corrected chi connectivity index (χ3v) is 4.11. The van der Waals surface area contributed by atoms with E-state index in [-0.39, 0.29) is 23.4 Å². The number of ether oxygens (including phenoxy) is 2. The van der Waals surface area contributed by atoms with E-state index in [1.54, 1.807) is 30.4 Å². The Morgan fingerprint density at radius 3 is 2.68 bits per heavy atom. The molecule has 25 heavy (non-hydrogen) atoms. The van der Waals surface area contributed by atoms with Crippen molar-refractivity contribution in [2.45, 2.75) is 12.8 Å². The molecule has 0 spiro atoms. The van der Waals surface area contributed by atoms with Gasteiger partial charge in [-0.1, -0.05) is 42.5 Å². The van der Waals surface area contributed by atoms with Crippen molar-refractivity contribution in [2.24, 2.45) is 5.92 Å². The maximum atomic E-state index is 12.4. The average molecular weight is 332 g/mol. The van der Waals surface area contributed by atoms with Crippen molar-refractivity contribution < 1.29 is 19.1 Å². The summed E-state index contributed by atoms with van der Waals surface area (Å²) in [5.41, 5.74) is 1.52. The summed E-state index contributed by atoms with van der Waals surface area (Å²) >= 11 is 0. The number of Topliss-reactive ketones (excluding diaryl/α,β-unsaturated/α-hetero) is 1. The van der Waals surface area contributed by atoms with Crippen molar-refractivity contribution in [3.63, 3.8) is 0 Å². The summed E-state index contributed by atoms with van der Waals surface area (Å²) in [5, 5.41) is 0. The summed E-state index contributed by atoms with van der Waals surface area (Å²) < 4.78 is 10.9. The van der Waals surface area contributed by atoms with Gasteiger partial charge in [-0.25, -0.2) is 0 Å². The number of hydrogen-bond acceptors (Lipinski definition) is 4. The highest BCUT2D eigenvalue weighted by molar-refractivity contribution is 6.12. The van der Waals surface area contributed by atoms with E-state index < -0.39 is 0 Å². The van der Waals surface area contributed by atoms with Crippen molar-refractivity contribution >= 4 is 17.8 Å². The van der Waals surface area contributed by atoms with E-state index in [2.05, 4.69) is 0 Å². The molecule has 4 nitrogen and oxygen atoms in total. The van der Waals surface area contributed by atoms with Gasteiger partial charge in [0.2, 0.25) is 5.78 Å². The SMILES string of the molecule is O=C1/C(=C/C=C/c2ccccc2)Oc2cc(OC(=O)C3CC3)ccc21. The number of carbonyl (C=O) groups is 2. The molecule has 4 heteroatoms. The lowest BCUT2D eigenvalue weighted by molar-refractivity contribution is -0.135. The largest absolute Gasteiger partial charge is 0.452 e. The molecule has 0 aromatic heterocycles. The lowest BCUT2D eigenvalue weighted by Gasteiger charge is -2.04. The first-order valence-electron chi connectivity index (χ1n) is 8.22. The van der Waals surface area contributed by atoms with Crippen LogP contribution in [0.15, 0.2) is 66.4 Å². The fraction of sp³-hybridized carbons (Fsp3) is 0.143. The first-order valence-corrected chi connectivity index (χ1v) is 8.22. The van der Waals surface area contributed by atoms with Crippen LogP contribution in [0.2, 0.25) is 0 Å². The molecule has 4 rings (SSSR count). The normalized spacial score (nSPS) is 17.6. The number of allylic oxidation sites excluding steroid dienone is 3. The third kappa shape index (κ3) is 3.38. The van der Waals surface area contributed by atoms with Crippen molar-refractivity contribution in [3.8, 4) is 11.5 Å². The maximum Gasteiger partial charge on any atom is 0.314 e. The molecular weight excluding hydrogens is 316 g/mol. The van der Waals surface area contributed by atoms with Crippen molar-refractivity contribution in [1.82, 2.24) is 0 Å². The smallest absolute Gasteiger partial charge is 0.314 e. The van der Waals surface area contributed by atoms with E-state index in [1.165, 1.54) is 0 Å². The molecular formula is C21H16O4. The summed E-state index contributed by atoms with van der Waals surface area (Å²) in [4.78, 5) is 24.1. The van der Waals surface area contributed by atoms with Crippen LogP contribution in [0, 0.1) is 5.92 Å². The van der Waals surface area contributed by atoms with Crippen LogP contribution in [0.4, 0.5) is 0 Å². The second-order valence-electron chi connectivity index (χ2n) is 6.09. The zero-order valence-corrected chi connectivity index (χ0v) is 13.5. The van der Waals surface area contributed by atoms with Crippen LogP contribution in [0.1, 0.15) is 28.8 Å². The van der Waals surface area contributed by atoms with E-state index in [0.717, 1.165) is 18.4 Å². The molecule has 124 valence electrons. The van der Waals surface area contributed by atoms with E-state index in [4.69, 9.17) is 9.47 Å². The topological polar surface area (TPSA) is 52.6 Å². The first kappa shape index (κ1) is 15.4. The van der Waals surface area contributed by atoms with Gasteiger partial charge in [-0.3, -0.25) is 9.59 Å². The van der Waals surface area contributed by atoms with Gasteiger partial charge in [0.1, 0.15) is 11.5 Å². The Balaban J connectivity index is 1.49. The Morgan fingerprint density at radius 1 is 1.12 bits per heavy atom. The van der Waals surface area contributed by atoms with Gasteiger partial charge >= 0.3 is 5.97 Å². The molecule has 1 heterocycles. The Bertz CT molecular complexity index is 889. The number of hydrogen-bond donors (Lipinski definition) is 0. The first-order chi connectivity index (χ1) is 12.2. The predicted molar refractivity (Wildman–Crippen MR) is 93.3 cm³/mol. The summed E-state index contributed by atoms with van der Waals surface area (Å²) in [6.07, 6.45) is 7.10. The minimum absolute atomic E-state index is 0.0226. The molecule has 1 aliphatic heterocycles. The zero-order chi connectivity index (χ0) is 17.2. The average Bonchev–Trinajstić information content (AvgIpc) is 3.42. The highest BCUT2D eigenvalue weighted by atomic mass is 16.5. The van der Waals surface area contributed by atoms with Gasteiger partial charge in [0.05, 0.1) is 11.5 Å². The van der Waals surface area contributed by atoms with Crippen LogP contribution in [-0.2, 0) is 4.79 Å². The van der Waals surface area contributed by atoms with E-state index >= 15 is 0 Å². The Morgan fingerprint density at radius 2 is 1.92 bits per heavy atom. The standard InChI is InChI=1S/C21H16O4/c22-20-17-12-11-16(24-21(23)15-9-10-15)13-19(17)25-18(20)8-4-7-14-5-2-1-3-6-14/h1-8,11-13,15H,9-10H2/b7-4+,18-8-. The minimum Gasteiger partial charge on any atom is -0.452 e. The van der Waals surface area contributed by atoms with Gasteiger partial charge in [-0.15, -0.1) is 0 Å². The van der Waals surface area contributed by atoms with Crippen molar-refractivity contribution in [2.75, 3.05) is 0 Å². The quantitative estimate of drug-likeness (QED) is 0.479. The van der Waals surface area contributed by atoms with Crippen LogP contribution in [-0.4, -0.2) is 11.8 Å². The minimum atomic E-state index is -0.217. The van der Waals surface area contributed by atoms with Crippen LogP contribution in [0.25, 0.3) is 6.08 Å². The third-order valence-electron chi connectivity index (χ3n) is 4.11. The van der Waals surface area contributed by atoms with Crippen LogP contribution in [0.3, 0.4) is 0 Å². The summed E-state index contributed by atoms with van der Waals surface area (Å²) in [6, 6.07) is 14.6. The van der Waals surface area contributed by atoms with Gasteiger partial charge in [0.25, 0.3) is 0 Å². The monoisotopic (exact) mass is 332 g/mol. The molecule has 0 radical (unpaired) electrons. The molecule has 2 aromatic carbocycles. The van der Waals surface area contributed by atoms with Crippen LogP contribution in [0.5, 0.6) is 11.5 Å². The van der Waals surface area contributed by atoms with E-state index in [0.29, 0.717) is 17.1 Å². The molecule has 0 saturated heterocycles. The van der Waals surface area contributed by atoms with Crippen molar-refractivity contribution in [1.29, 1.82) is 0 Å². The molecule has 2 aromatic rings. The van der Waals surface area contributed by atoms with Gasteiger partial charge in [0, 0.05) is 6.07 Å².